The van der Waals surface area contributed by atoms with Gasteiger partial charge in [0.2, 0.25) is 0 Å². The van der Waals surface area contributed by atoms with E-state index in [-0.39, 0.29) is 17.8 Å². The maximum atomic E-state index is 12.2. The van der Waals surface area contributed by atoms with Gasteiger partial charge in [0.15, 0.2) is 0 Å². The summed E-state index contributed by atoms with van der Waals surface area (Å²) in [6.07, 6.45) is 0.0419. The van der Waals surface area contributed by atoms with Crippen LogP contribution in [0.4, 0.5) is 11.4 Å². The molecule has 1 N–H and O–H groups in total. The summed E-state index contributed by atoms with van der Waals surface area (Å²) in [5, 5.41) is 14.7. The van der Waals surface area contributed by atoms with E-state index >= 15 is 0 Å². The highest BCUT2D eigenvalue weighted by atomic mass is 16.5. The molecule has 0 heterocycles. The van der Waals surface area contributed by atoms with E-state index in [0.717, 1.165) is 16.7 Å². The average Bonchev–Trinajstić information content (AvgIpc) is 2.80. The molecule has 7 nitrogen and oxygen atoms in total. The number of anilines is 2. The molecule has 0 aromatic heterocycles. The molecule has 0 radical (unpaired) electrons. The van der Waals surface area contributed by atoms with Crippen LogP contribution in [0.2, 0.25) is 0 Å². The monoisotopic (exact) mass is 421 g/mol. The Kier molecular flexibility index (Phi) is 6.74. The predicted octanol–water partition coefficient (Wildman–Crippen LogP) is 1.58. The number of methoxy groups -OCH3 is 1. The molecule has 0 fully saturated rings. The van der Waals surface area contributed by atoms with E-state index in [4.69, 9.17) is 4.74 Å². The third-order valence-corrected chi connectivity index (χ3v) is 5.39. The van der Waals surface area contributed by atoms with Crippen molar-refractivity contribution in [1.29, 1.82) is 0 Å². The molecule has 0 saturated carbocycles. The van der Waals surface area contributed by atoms with E-state index in [1.54, 1.807) is 11.0 Å². The first kappa shape index (κ1) is 22.1. The van der Waals surface area contributed by atoms with Crippen molar-refractivity contribution in [3.05, 3.63) is 74.5 Å². The van der Waals surface area contributed by atoms with Gasteiger partial charge in [0.1, 0.15) is 17.1 Å². The van der Waals surface area contributed by atoms with Crippen molar-refractivity contribution < 1.29 is 14.6 Å². The van der Waals surface area contributed by atoms with Gasteiger partial charge in [0.25, 0.3) is 10.9 Å². The lowest BCUT2D eigenvalue weighted by atomic mass is 9.94. The number of benzene rings is 2. The molecule has 0 spiro atoms. The molecule has 0 amide bonds. The molecular formula is C24H25N2O5-. The molecular weight excluding hydrogens is 396 g/mol. The summed E-state index contributed by atoms with van der Waals surface area (Å²) in [4.78, 5) is 38.0. The maximum Gasteiger partial charge on any atom is 0.253 e. The van der Waals surface area contributed by atoms with E-state index in [2.05, 4.69) is 5.32 Å². The van der Waals surface area contributed by atoms with Gasteiger partial charge in [-0.1, -0.05) is 36.4 Å². The van der Waals surface area contributed by atoms with E-state index in [9.17, 15) is 19.5 Å². The average molecular weight is 421 g/mol. The van der Waals surface area contributed by atoms with E-state index in [1.807, 2.05) is 56.3 Å². The number of ether oxygens (including phenoxy) is 1. The highest BCUT2D eigenvalue weighted by Crippen LogP contribution is 2.29. The lowest BCUT2D eigenvalue weighted by Gasteiger charge is -2.28. The van der Waals surface area contributed by atoms with Gasteiger partial charge in [-0.25, -0.2) is 0 Å². The maximum absolute atomic E-state index is 12.2. The third-order valence-electron chi connectivity index (χ3n) is 5.39. The molecule has 0 aliphatic carbocycles. The second-order valence-electron chi connectivity index (χ2n) is 7.16. The Labute approximate surface area is 180 Å². The second-order valence-corrected chi connectivity index (χ2v) is 7.16. The minimum Gasteiger partial charge on any atom is -0.548 e. The van der Waals surface area contributed by atoms with Gasteiger partial charge in [-0.2, -0.15) is 0 Å². The molecule has 0 bridgehead atoms. The van der Waals surface area contributed by atoms with Gasteiger partial charge in [-0.05, 0) is 49.1 Å². The number of carbonyl (C=O) groups is 1. The van der Waals surface area contributed by atoms with E-state index in [1.165, 1.54) is 7.11 Å². The van der Waals surface area contributed by atoms with Crippen LogP contribution in [0.15, 0.2) is 58.1 Å². The van der Waals surface area contributed by atoms with Crippen molar-refractivity contribution in [2.75, 3.05) is 30.4 Å². The summed E-state index contributed by atoms with van der Waals surface area (Å²) >= 11 is 0. The molecule has 1 atom stereocenters. The Bertz CT molecular complexity index is 1130. The van der Waals surface area contributed by atoms with Gasteiger partial charge in [0.05, 0.1) is 19.1 Å². The largest absolute Gasteiger partial charge is 0.548 e. The molecule has 0 saturated heterocycles. The Balaban J connectivity index is 1.97. The summed E-state index contributed by atoms with van der Waals surface area (Å²) in [5.74, 6) is -0.773. The number of carboxylic acids is 1. The Morgan fingerprint density at radius 1 is 1.06 bits per heavy atom. The molecule has 3 aromatic carbocycles. The number of carbonyl (C=O) groups excluding carboxylic acids is 1. The standard InChI is InChI=1S/C24H26N2O5/c1-4-26(5-2)21-20(22(27)23(21)28)25-19(24(29)30)14-16-13-17(31-3)11-12-18(16)15-9-7-6-8-10-15/h6-13,19,25H,4-5,14H2,1-3H3,(H,29,30)/p-1. The second kappa shape index (κ2) is 9.47. The lowest BCUT2D eigenvalue weighted by Crippen LogP contribution is -2.48. The fraction of sp³-hybridized carbons (Fsp3) is 0.292. The molecule has 7 heteroatoms. The normalized spacial score (nSPS) is 11.8. The molecule has 1 unspecified atom stereocenters. The summed E-state index contributed by atoms with van der Waals surface area (Å²) in [5.41, 5.74) is 1.45. The summed E-state index contributed by atoms with van der Waals surface area (Å²) in [6.45, 7) is 4.78. The van der Waals surface area contributed by atoms with E-state index in [0.29, 0.717) is 18.8 Å². The van der Waals surface area contributed by atoms with Crippen molar-refractivity contribution in [3.63, 3.8) is 0 Å². The fourth-order valence-electron chi connectivity index (χ4n) is 3.71. The van der Waals surface area contributed by atoms with Crippen LogP contribution in [0, 0.1) is 0 Å². The molecule has 0 aliphatic heterocycles. The highest BCUT2D eigenvalue weighted by molar-refractivity contribution is 5.82. The zero-order valence-electron chi connectivity index (χ0n) is 17.8. The number of aliphatic carboxylic acids is 1. The van der Waals surface area contributed by atoms with Gasteiger partial charge >= 0.3 is 0 Å². The minimum atomic E-state index is -1.36. The third kappa shape index (κ3) is 4.45. The molecule has 3 aromatic rings. The van der Waals surface area contributed by atoms with Crippen LogP contribution >= 0.6 is 0 Å². The molecule has 31 heavy (non-hydrogen) atoms. The van der Waals surface area contributed by atoms with Gasteiger partial charge in [0, 0.05) is 13.1 Å². The quantitative estimate of drug-likeness (QED) is 0.496. The first-order valence-electron chi connectivity index (χ1n) is 10.2. The SMILES string of the molecule is CCN(CC)c1c(NC(Cc2cc(OC)ccc2-c2ccccc2)C(=O)[O-])c(=O)c1=O. The van der Waals surface area contributed by atoms with Crippen LogP contribution in [0.1, 0.15) is 19.4 Å². The van der Waals surface area contributed by atoms with Crippen molar-refractivity contribution in [2.24, 2.45) is 0 Å². The number of nitrogens with zero attached hydrogens (tertiary/aromatic N) is 1. The number of hydrogen-bond acceptors (Lipinski definition) is 7. The molecule has 3 rings (SSSR count). The number of hydrogen-bond donors (Lipinski definition) is 1. The van der Waals surface area contributed by atoms with Crippen LogP contribution < -0.4 is 30.9 Å². The van der Waals surface area contributed by atoms with Crippen LogP contribution in [-0.4, -0.2) is 32.2 Å². The zero-order valence-corrected chi connectivity index (χ0v) is 17.8. The van der Waals surface area contributed by atoms with Crippen molar-refractivity contribution in [3.8, 4) is 16.9 Å². The number of rotatable bonds is 10. The van der Waals surface area contributed by atoms with E-state index < -0.39 is 22.9 Å². The summed E-state index contributed by atoms with van der Waals surface area (Å²) in [7, 11) is 1.54. The topological polar surface area (TPSA) is 98.8 Å². The first-order valence-corrected chi connectivity index (χ1v) is 10.2. The lowest BCUT2D eigenvalue weighted by molar-refractivity contribution is -0.306. The van der Waals surface area contributed by atoms with Crippen LogP contribution in [0.5, 0.6) is 5.75 Å². The fourth-order valence-corrected chi connectivity index (χ4v) is 3.71. The highest BCUT2D eigenvalue weighted by Gasteiger charge is 2.27. The van der Waals surface area contributed by atoms with Crippen molar-refractivity contribution in [1.82, 2.24) is 0 Å². The smallest absolute Gasteiger partial charge is 0.253 e. The van der Waals surface area contributed by atoms with Gasteiger partial charge in [-0.3, -0.25) is 9.59 Å². The molecule has 162 valence electrons. The van der Waals surface area contributed by atoms with Gasteiger partial charge in [-0.15, -0.1) is 0 Å². The molecule has 0 aliphatic rings. The minimum absolute atomic E-state index is 0.0343. The predicted molar refractivity (Wildman–Crippen MR) is 119 cm³/mol. The number of carboxylic acid groups (broad SMARTS) is 1. The van der Waals surface area contributed by atoms with Crippen LogP contribution in [0.3, 0.4) is 0 Å². The Morgan fingerprint density at radius 3 is 2.32 bits per heavy atom. The number of nitrogens with one attached hydrogen (secondary N) is 1. The van der Waals surface area contributed by atoms with Gasteiger partial charge < -0.3 is 24.9 Å². The summed E-state index contributed by atoms with van der Waals surface area (Å²) in [6, 6.07) is 13.8. The van der Waals surface area contributed by atoms with Crippen LogP contribution in [0.25, 0.3) is 11.1 Å². The Hall–Kier alpha value is -3.61. The van der Waals surface area contributed by atoms with Crippen LogP contribution in [-0.2, 0) is 11.2 Å². The van der Waals surface area contributed by atoms with Crippen molar-refractivity contribution in [2.45, 2.75) is 26.3 Å². The van der Waals surface area contributed by atoms with Crippen molar-refractivity contribution >= 4 is 17.3 Å². The summed E-state index contributed by atoms with van der Waals surface area (Å²) < 4.78 is 5.31. The Morgan fingerprint density at radius 2 is 1.74 bits per heavy atom. The first-order chi connectivity index (χ1) is 14.9. The zero-order chi connectivity index (χ0) is 22.5.